The lowest BCUT2D eigenvalue weighted by atomic mass is 9.90. The maximum absolute atomic E-state index is 13.3. The van der Waals surface area contributed by atoms with E-state index in [2.05, 4.69) is 9.71 Å². The summed E-state index contributed by atoms with van der Waals surface area (Å²) in [6, 6.07) is 2.37. The average Bonchev–Trinajstić information content (AvgIpc) is 2.27. The third-order valence-corrected chi connectivity index (χ3v) is 3.84. The first kappa shape index (κ1) is 15.0. The topological polar surface area (TPSA) is 79.3 Å². The molecule has 0 aliphatic carbocycles. The molecule has 0 fully saturated rings. The Balaban J connectivity index is 2.81. The minimum atomic E-state index is -3.96. The maximum Gasteiger partial charge on any atom is 0.261 e. The summed E-state index contributed by atoms with van der Waals surface area (Å²) in [5.74, 6) is -0.884. The summed E-state index contributed by atoms with van der Waals surface area (Å²) in [4.78, 5) is 3.52. The van der Waals surface area contributed by atoms with Crippen LogP contribution in [-0.4, -0.2) is 31.7 Å². The molecule has 0 spiro atoms. The Bertz CT molecular complexity index is 503. The lowest BCUT2D eigenvalue weighted by molar-refractivity contribution is 0.213. The van der Waals surface area contributed by atoms with Crippen LogP contribution in [0.1, 0.15) is 20.3 Å². The van der Waals surface area contributed by atoms with E-state index in [1.807, 2.05) is 0 Å². The summed E-state index contributed by atoms with van der Waals surface area (Å²) in [5.41, 5.74) is -0.410. The molecule has 0 aliphatic rings. The summed E-state index contributed by atoms with van der Waals surface area (Å²) < 4.78 is 39.3. The van der Waals surface area contributed by atoms with Crippen LogP contribution in [0.4, 0.5) is 4.39 Å². The zero-order valence-corrected chi connectivity index (χ0v) is 11.2. The molecule has 7 heteroatoms. The normalized spacial score (nSPS) is 12.7. The van der Waals surface area contributed by atoms with Crippen molar-refractivity contribution in [2.24, 2.45) is 5.41 Å². The third kappa shape index (κ3) is 4.01. The quantitative estimate of drug-likeness (QED) is 0.809. The van der Waals surface area contributed by atoms with Crippen molar-refractivity contribution in [3.8, 4) is 0 Å². The predicted molar refractivity (Wildman–Crippen MR) is 64.9 cm³/mol. The fourth-order valence-corrected chi connectivity index (χ4v) is 2.56. The van der Waals surface area contributed by atoms with E-state index in [1.54, 1.807) is 13.8 Å². The fourth-order valence-electron chi connectivity index (χ4n) is 1.32. The van der Waals surface area contributed by atoms with Gasteiger partial charge in [-0.05, 0) is 24.0 Å². The Hall–Kier alpha value is -1.05. The molecule has 1 rings (SSSR count). The van der Waals surface area contributed by atoms with Gasteiger partial charge < -0.3 is 5.11 Å². The minimum absolute atomic E-state index is 0.0350. The van der Waals surface area contributed by atoms with Crippen LogP contribution in [0.15, 0.2) is 23.4 Å². The van der Waals surface area contributed by atoms with Gasteiger partial charge in [0.25, 0.3) is 10.0 Å². The molecule has 0 atom stereocenters. The molecule has 0 radical (unpaired) electrons. The number of aromatic nitrogens is 1. The number of pyridine rings is 1. The van der Waals surface area contributed by atoms with E-state index in [4.69, 9.17) is 5.11 Å². The fraction of sp³-hybridized carbons (Fsp3) is 0.545. The van der Waals surface area contributed by atoms with Crippen LogP contribution >= 0.6 is 0 Å². The Morgan fingerprint density at radius 3 is 2.72 bits per heavy atom. The number of aliphatic hydroxyl groups excluding tert-OH is 1. The summed E-state index contributed by atoms with van der Waals surface area (Å²) >= 11 is 0. The van der Waals surface area contributed by atoms with Crippen molar-refractivity contribution in [2.75, 3.05) is 13.2 Å². The summed E-state index contributed by atoms with van der Waals surface area (Å²) in [5, 5.41) is 8.24. The Morgan fingerprint density at radius 2 is 2.17 bits per heavy atom. The van der Waals surface area contributed by atoms with Crippen molar-refractivity contribution in [1.29, 1.82) is 0 Å². The molecule has 5 nitrogen and oxygen atoms in total. The van der Waals surface area contributed by atoms with Gasteiger partial charge in [-0.1, -0.05) is 13.8 Å². The molecule has 0 unspecified atom stereocenters. The second-order valence-electron chi connectivity index (χ2n) is 4.75. The third-order valence-electron chi connectivity index (χ3n) is 2.51. The van der Waals surface area contributed by atoms with Crippen molar-refractivity contribution < 1.29 is 17.9 Å². The van der Waals surface area contributed by atoms with E-state index in [1.165, 1.54) is 12.3 Å². The average molecular weight is 276 g/mol. The van der Waals surface area contributed by atoms with Crippen molar-refractivity contribution in [2.45, 2.75) is 25.3 Å². The van der Waals surface area contributed by atoms with E-state index < -0.39 is 26.3 Å². The van der Waals surface area contributed by atoms with Gasteiger partial charge in [-0.3, -0.25) is 0 Å². The van der Waals surface area contributed by atoms with Gasteiger partial charge >= 0.3 is 0 Å². The monoisotopic (exact) mass is 276 g/mol. The molecule has 0 saturated heterocycles. The Labute approximate surface area is 106 Å². The SMILES string of the molecule is CC(C)(CCO)CNS(=O)(=O)c1ncccc1F. The molecular weight excluding hydrogens is 259 g/mol. The van der Waals surface area contributed by atoms with Crippen LogP contribution in [0.3, 0.4) is 0 Å². The molecule has 0 aliphatic heterocycles. The van der Waals surface area contributed by atoms with Crippen LogP contribution in [0.25, 0.3) is 0 Å². The van der Waals surface area contributed by atoms with Crippen molar-refractivity contribution in [1.82, 2.24) is 9.71 Å². The predicted octanol–water partition coefficient (Wildman–Crippen LogP) is 0.908. The molecule has 0 saturated carbocycles. The highest BCUT2D eigenvalue weighted by Crippen LogP contribution is 2.19. The number of nitrogens with zero attached hydrogens (tertiary/aromatic N) is 1. The first-order valence-electron chi connectivity index (χ1n) is 5.49. The van der Waals surface area contributed by atoms with Crippen molar-refractivity contribution >= 4 is 10.0 Å². The molecular formula is C11H17FN2O3S. The Morgan fingerprint density at radius 1 is 1.50 bits per heavy atom. The second kappa shape index (κ2) is 5.73. The van der Waals surface area contributed by atoms with Gasteiger partial charge in [-0.2, -0.15) is 0 Å². The number of nitrogens with one attached hydrogen (secondary N) is 1. The smallest absolute Gasteiger partial charge is 0.261 e. The molecule has 1 aromatic heterocycles. The first-order chi connectivity index (χ1) is 8.28. The standard InChI is InChI=1S/C11H17FN2O3S/c1-11(2,5-7-15)8-14-18(16,17)10-9(12)4-3-6-13-10/h3-4,6,14-15H,5,7-8H2,1-2H3. The van der Waals surface area contributed by atoms with Crippen LogP contribution in [0.2, 0.25) is 0 Å². The number of halogens is 1. The highest BCUT2D eigenvalue weighted by atomic mass is 32.2. The van der Waals surface area contributed by atoms with Crippen molar-refractivity contribution in [3.05, 3.63) is 24.1 Å². The molecule has 1 aromatic rings. The van der Waals surface area contributed by atoms with Gasteiger partial charge in [-0.15, -0.1) is 0 Å². The van der Waals surface area contributed by atoms with Crippen LogP contribution < -0.4 is 4.72 Å². The van der Waals surface area contributed by atoms with Crippen LogP contribution in [-0.2, 0) is 10.0 Å². The molecule has 1 heterocycles. The van der Waals surface area contributed by atoms with Gasteiger partial charge in [0.15, 0.2) is 5.82 Å². The number of hydrogen-bond acceptors (Lipinski definition) is 4. The van der Waals surface area contributed by atoms with Crippen LogP contribution in [0, 0.1) is 11.2 Å². The zero-order chi connectivity index (χ0) is 13.8. The number of aliphatic hydroxyl groups is 1. The summed E-state index contributed by atoms with van der Waals surface area (Å²) in [6.07, 6.45) is 1.66. The van der Waals surface area contributed by atoms with Crippen molar-refractivity contribution in [3.63, 3.8) is 0 Å². The first-order valence-corrected chi connectivity index (χ1v) is 6.98. The van der Waals surface area contributed by atoms with Gasteiger partial charge in [0.2, 0.25) is 5.03 Å². The zero-order valence-electron chi connectivity index (χ0n) is 10.4. The Kier molecular flexibility index (Phi) is 4.78. The molecule has 0 amide bonds. The molecule has 0 aromatic carbocycles. The van der Waals surface area contributed by atoms with Gasteiger partial charge in [0.05, 0.1) is 0 Å². The molecule has 102 valence electrons. The van der Waals surface area contributed by atoms with E-state index in [-0.39, 0.29) is 13.2 Å². The van der Waals surface area contributed by atoms with Gasteiger partial charge in [0, 0.05) is 19.3 Å². The number of sulfonamides is 1. The molecule has 2 N–H and O–H groups in total. The van der Waals surface area contributed by atoms with E-state index in [0.29, 0.717) is 6.42 Å². The van der Waals surface area contributed by atoms with E-state index in [9.17, 15) is 12.8 Å². The summed E-state index contributed by atoms with van der Waals surface area (Å²) in [7, 11) is -3.96. The highest BCUT2D eigenvalue weighted by Gasteiger charge is 2.24. The summed E-state index contributed by atoms with van der Waals surface area (Å²) in [6.45, 7) is 3.68. The second-order valence-corrected chi connectivity index (χ2v) is 6.43. The van der Waals surface area contributed by atoms with Gasteiger partial charge in [0.1, 0.15) is 0 Å². The molecule has 18 heavy (non-hydrogen) atoms. The number of rotatable bonds is 6. The van der Waals surface area contributed by atoms with Gasteiger partial charge in [-0.25, -0.2) is 22.5 Å². The van der Waals surface area contributed by atoms with E-state index >= 15 is 0 Å². The number of hydrogen-bond donors (Lipinski definition) is 2. The maximum atomic E-state index is 13.3. The van der Waals surface area contributed by atoms with Crippen LogP contribution in [0.5, 0.6) is 0 Å². The highest BCUT2D eigenvalue weighted by molar-refractivity contribution is 7.89. The lowest BCUT2D eigenvalue weighted by Gasteiger charge is -2.23. The minimum Gasteiger partial charge on any atom is -0.396 e. The largest absolute Gasteiger partial charge is 0.396 e. The molecule has 0 bridgehead atoms. The lowest BCUT2D eigenvalue weighted by Crippen LogP contribution is -2.35. The van der Waals surface area contributed by atoms with E-state index in [0.717, 1.165) is 6.07 Å².